The summed E-state index contributed by atoms with van der Waals surface area (Å²) in [6.07, 6.45) is 0.108. The van der Waals surface area contributed by atoms with Gasteiger partial charge in [0.1, 0.15) is 0 Å². The van der Waals surface area contributed by atoms with Crippen molar-refractivity contribution in [3.8, 4) is 0 Å². The van der Waals surface area contributed by atoms with Crippen molar-refractivity contribution >= 4 is 16.9 Å². The highest BCUT2D eigenvalue weighted by Crippen LogP contribution is 2.13. The predicted octanol–water partition coefficient (Wildman–Crippen LogP) is 3.53. The molecule has 6 heteroatoms. The van der Waals surface area contributed by atoms with E-state index in [1.54, 1.807) is 0 Å². The van der Waals surface area contributed by atoms with Gasteiger partial charge in [0.2, 0.25) is 5.91 Å². The van der Waals surface area contributed by atoms with Gasteiger partial charge in [0.05, 0.1) is 17.6 Å². The second kappa shape index (κ2) is 9.69. The van der Waals surface area contributed by atoms with Gasteiger partial charge in [-0.2, -0.15) is 0 Å². The number of amides is 1. The number of hydrogen-bond donors (Lipinski definition) is 1. The number of hydrogen-bond acceptors (Lipinski definition) is 3. The van der Waals surface area contributed by atoms with Crippen LogP contribution >= 0.6 is 0 Å². The van der Waals surface area contributed by atoms with Gasteiger partial charge in [-0.15, -0.1) is 0 Å². The first-order valence-corrected chi connectivity index (χ1v) is 11.0. The smallest absolute Gasteiger partial charge is 0.317 e. The molecule has 3 aromatic carbocycles. The minimum absolute atomic E-state index is 0.108. The molecule has 0 unspecified atom stereocenters. The third-order valence-electron chi connectivity index (χ3n) is 5.90. The molecule has 6 nitrogen and oxygen atoms in total. The highest BCUT2D eigenvalue weighted by atomic mass is 16.2. The van der Waals surface area contributed by atoms with Gasteiger partial charge in [0.15, 0.2) is 0 Å². The van der Waals surface area contributed by atoms with Crippen molar-refractivity contribution in [2.75, 3.05) is 0 Å². The predicted molar refractivity (Wildman–Crippen MR) is 130 cm³/mol. The van der Waals surface area contributed by atoms with Crippen LogP contribution in [0.1, 0.15) is 28.7 Å². The minimum atomic E-state index is -0.618. The zero-order chi connectivity index (χ0) is 23.4. The first-order chi connectivity index (χ1) is 15.9. The molecule has 0 bridgehead atoms. The van der Waals surface area contributed by atoms with Crippen LogP contribution in [0, 0.1) is 13.8 Å². The monoisotopic (exact) mass is 441 g/mol. The molecule has 4 rings (SSSR count). The Morgan fingerprint density at radius 3 is 2.09 bits per heavy atom. The molecule has 0 spiro atoms. The van der Waals surface area contributed by atoms with Crippen molar-refractivity contribution in [2.24, 2.45) is 0 Å². The molecule has 33 heavy (non-hydrogen) atoms. The minimum Gasteiger partial charge on any atom is -0.352 e. The zero-order valence-corrected chi connectivity index (χ0v) is 18.9. The fraction of sp³-hybridized carbons (Fsp3) is 0.222. The molecule has 1 aromatic heterocycles. The SMILES string of the molecule is Cc1ccc(Cn2c(=O)c(=O)n(CCC(=O)NCc3ccccc3C)c3ccccc32)cc1. The summed E-state index contributed by atoms with van der Waals surface area (Å²) in [7, 11) is 0. The maximum atomic E-state index is 13.0. The Hall–Kier alpha value is -3.93. The lowest BCUT2D eigenvalue weighted by molar-refractivity contribution is -0.121. The number of nitrogens with zero attached hydrogens (tertiary/aromatic N) is 2. The molecule has 0 saturated carbocycles. The summed E-state index contributed by atoms with van der Waals surface area (Å²) >= 11 is 0. The third kappa shape index (κ3) is 4.95. The van der Waals surface area contributed by atoms with Gasteiger partial charge in [-0.1, -0.05) is 66.2 Å². The summed E-state index contributed by atoms with van der Waals surface area (Å²) in [4.78, 5) is 38.4. The lowest BCUT2D eigenvalue weighted by Gasteiger charge is -2.15. The number of rotatable bonds is 7. The molecule has 0 aliphatic heterocycles. The first kappa shape index (κ1) is 22.3. The quantitative estimate of drug-likeness (QED) is 0.446. The molecular weight excluding hydrogens is 414 g/mol. The average molecular weight is 442 g/mol. The Morgan fingerprint density at radius 1 is 0.788 bits per heavy atom. The van der Waals surface area contributed by atoms with Gasteiger partial charge < -0.3 is 9.88 Å². The lowest BCUT2D eigenvalue weighted by atomic mass is 10.1. The maximum absolute atomic E-state index is 13.0. The van der Waals surface area contributed by atoms with Crippen LogP contribution in [-0.2, 0) is 24.4 Å². The van der Waals surface area contributed by atoms with E-state index in [0.29, 0.717) is 24.1 Å². The Labute approximate surface area is 192 Å². The molecule has 0 radical (unpaired) electrons. The van der Waals surface area contributed by atoms with Crippen LogP contribution in [-0.4, -0.2) is 15.0 Å². The van der Waals surface area contributed by atoms with E-state index in [4.69, 9.17) is 0 Å². The Balaban J connectivity index is 1.57. The number of aryl methyl sites for hydroxylation is 3. The standard InChI is InChI=1S/C27H27N3O3/c1-19-11-13-21(14-12-19)18-30-24-10-6-5-9-23(24)29(26(32)27(30)33)16-15-25(31)28-17-22-8-4-3-7-20(22)2/h3-14H,15-18H2,1-2H3,(H,28,31). The number of para-hydroxylation sites is 2. The summed E-state index contributed by atoms with van der Waals surface area (Å²) in [6, 6.07) is 23.1. The van der Waals surface area contributed by atoms with Crippen molar-refractivity contribution < 1.29 is 4.79 Å². The normalized spacial score (nSPS) is 11.0. The summed E-state index contributed by atoms with van der Waals surface area (Å²) in [5.41, 5.74) is 4.34. The van der Waals surface area contributed by atoms with E-state index in [9.17, 15) is 14.4 Å². The Morgan fingerprint density at radius 2 is 1.39 bits per heavy atom. The van der Waals surface area contributed by atoms with Gasteiger partial charge in [-0.3, -0.25) is 19.0 Å². The molecule has 0 saturated heterocycles. The van der Waals surface area contributed by atoms with Crippen LogP contribution in [0.5, 0.6) is 0 Å². The van der Waals surface area contributed by atoms with Gasteiger partial charge in [0.25, 0.3) is 0 Å². The highest BCUT2D eigenvalue weighted by molar-refractivity contribution is 5.77. The summed E-state index contributed by atoms with van der Waals surface area (Å²) < 4.78 is 2.92. The van der Waals surface area contributed by atoms with Crippen molar-refractivity contribution in [1.82, 2.24) is 14.5 Å². The first-order valence-electron chi connectivity index (χ1n) is 11.0. The van der Waals surface area contributed by atoms with E-state index in [0.717, 1.165) is 22.3 Å². The maximum Gasteiger partial charge on any atom is 0.317 e. The fourth-order valence-corrected chi connectivity index (χ4v) is 3.93. The zero-order valence-electron chi connectivity index (χ0n) is 18.9. The van der Waals surface area contributed by atoms with Crippen LogP contribution in [0.2, 0.25) is 0 Å². The number of nitrogens with one attached hydrogen (secondary N) is 1. The number of fused-ring (bicyclic) bond motifs is 1. The van der Waals surface area contributed by atoms with Gasteiger partial charge in [-0.05, 0) is 42.7 Å². The summed E-state index contributed by atoms with van der Waals surface area (Å²) in [5, 5.41) is 2.90. The molecule has 1 heterocycles. The van der Waals surface area contributed by atoms with Crippen molar-refractivity contribution in [3.63, 3.8) is 0 Å². The number of carbonyl (C=O) groups excluding carboxylic acids is 1. The Kier molecular flexibility index (Phi) is 6.54. The second-order valence-electron chi connectivity index (χ2n) is 8.28. The average Bonchev–Trinajstić information content (AvgIpc) is 2.82. The molecule has 0 atom stereocenters. The third-order valence-corrected chi connectivity index (χ3v) is 5.90. The van der Waals surface area contributed by atoms with Crippen LogP contribution in [0.15, 0.2) is 82.4 Å². The van der Waals surface area contributed by atoms with Crippen molar-refractivity contribution in [1.29, 1.82) is 0 Å². The topological polar surface area (TPSA) is 73.1 Å². The van der Waals surface area contributed by atoms with Crippen LogP contribution < -0.4 is 16.4 Å². The Bertz CT molecular complexity index is 1420. The van der Waals surface area contributed by atoms with Crippen molar-refractivity contribution in [2.45, 2.75) is 39.9 Å². The summed E-state index contributed by atoms with van der Waals surface area (Å²) in [6.45, 7) is 4.88. The molecule has 4 aromatic rings. The molecule has 0 fully saturated rings. The van der Waals surface area contributed by atoms with E-state index in [2.05, 4.69) is 5.32 Å². The van der Waals surface area contributed by atoms with E-state index in [1.807, 2.05) is 86.6 Å². The van der Waals surface area contributed by atoms with Crippen LogP contribution in [0.25, 0.3) is 11.0 Å². The number of benzene rings is 3. The number of carbonyl (C=O) groups is 1. The van der Waals surface area contributed by atoms with E-state index in [-0.39, 0.29) is 18.9 Å². The molecule has 1 N–H and O–H groups in total. The van der Waals surface area contributed by atoms with Gasteiger partial charge in [-0.25, -0.2) is 0 Å². The lowest BCUT2D eigenvalue weighted by Crippen LogP contribution is -2.42. The van der Waals surface area contributed by atoms with Crippen molar-refractivity contribution in [3.05, 3.63) is 116 Å². The van der Waals surface area contributed by atoms with E-state index >= 15 is 0 Å². The molecule has 0 aliphatic rings. The fourth-order valence-electron chi connectivity index (χ4n) is 3.93. The van der Waals surface area contributed by atoms with E-state index in [1.165, 1.54) is 9.13 Å². The molecule has 168 valence electrons. The highest BCUT2D eigenvalue weighted by Gasteiger charge is 2.14. The van der Waals surface area contributed by atoms with Gasteiger partial charge in [0, 0.05) is 19.5 Å². The summed E-state index contributed by atoms with van der Waals surface area (Å²) in [5.74, 6) is -0.168. The molecule has 0 aliphatic carbocycles. The van der Waals surface area contributed by atoms with Crippen LogP contribution in [0.4, 0.5) is 0 Å². The van der Waals surface area contributed by atoms with E-state index < -0.39 is 11.1 Å². The van der Waals surface area contributed by atoms with Crippen LogP contribution in [0.3, 0.4) is 0 Å². The largest absolute Gasteiger partial charge is 0.352 e. The second-order valence-corrected chi connectivity index (χ2v) is 8.28. The van der Waals surface area contributed by atoms with Gasteiger partial charge >= 0.3 is 11.1 Å². The molecule has 1 amide bonds. The molecular formula is C27H27N3O3. The number of aromatic nitrogens is 2.